The molecule has 5 heteroatoms. The number of nitrogens with zero attached hydrogens (tertiary/aromatic N) is 1. The maximum Gasteiger partial charge on any atom is 0.265 e. The van der Waals surface area contributed by atoms with E-state index in [0.717, 1.165) is 28.9 Å². The molecule has 0 bridgehead atoms. The lowest BCUT2D eigenvalue weighted by molar-refractivity contribution is 0.0565. The summed E-state index contributed by atoms with van der Waals surface area (Å²) in [5.41, 5.74) is 0. The van der Waals surface area contributed by atoms with E-state index in [4.69, 9.17) is 4.74 Å². The number of thiophene rings is 1. The van der Waals surface area contributed by atoms with Crippen molar-refractivity contribution < 1.29 is 9.53 Å². The number of hydrogen-bond acceptors (Lipinski definition) is 3. The summed E-state index contributed by atoms with van der Waals surface area (Å²) < 4.78 is 6.42. The van der Waals surface area contributed by atoms with Gasteiger partial charge in [-0.2, -0.15) is 0 Å². The molecule has 0 aliphatic carbocycles. The standard InChI is InChI=1S/C11H14BrNO2S/c1-8-7-13(4-2-5-15-8)11(14)10-9(12)3-6-16-10/h3,6,8H,2,4-5,7H2,1H3. The van der Waals surface area contributed by atoms with Crippen LogP contribution in [0, 0.1) is 0 Å². The largest absolute Gasteiger partial charge is 0.377 e. The van der Waals surface area contributed by atoms with Crippen molar-refractivity contribution in [1.82, 2.24) is 4.90 Å². The molecule has 0 aromatic carbocycles. The van der Waals surface area contributed by atoms with Crippen molar-refractivity contribution in [2.45, 2.75) is 19.4 Å². The summed E-state index contributed by atoms with van der Waals surface area (Å²) in [5.74, 6) is 0.110. The Morgan fingerprint density at radius 3 is 3.19 bits per heavy atom. The van der Waals surface area contributed by atoms with Gasteiger partial charge in [-0.05, 0) is 40.7 Å². The van der Waals surface area contributed by atoms with E-state index in [-0.39, 0.29) is 12.0 Å². The first-order valence-electron chi connectivity index (χ1n) is 5.32. The van der Waals surface area contributed by atoms with Crippen LogP contribution in [0.15, 0.2) is 15.9 Å². The third kappa shape index (κ3) is 2.64. The first-order chi connectivity index (χ1) is 7.68. The fraction of sp³-hybridized carbons (Fsp3) is 0.545. The topological polar surface area (TPSA) is 29.5 Å². The predicted molar refractivity (Wildman–Crippen MR) is 68.0 cm³/mol. The average Bonchev–Trinajstić information content (AvgIpc) is 2.55. The van der Waals surface area contributed by atoms with Crippen LogP contribution in [0.25, 0.3) is 0 Å². The molecule has 0 radical (unpaired) electrons. The highest BCUT2D eigenvalue weighted by Gasteiger charge is 2.23. The van der Waals surface area contributed by atoms with Gasteiger partial charge in [0.15, 0.2) is 0 Å². The minimum Gasteiger partial charge on any atom is -0.377 e. The fourth-order valence-electron chi connectivity index (χ4n) is 1.77. The molecular formula is C11H14BrNO2S. The summed E-state index contributed by atoms with van der Waals surface area (Å²) in [6.07, 6.45) is 1.05. The normalized spacial score (nSPS) is 21.9. The Morgan fingerprint density at radius 2 is 2.50 bits per heavy atom. The summed E-state index contributed by atoms with van der Waals surface area (Å²) in [6.45, 7) is 4.22. The molecule has 88 valence electrons. The third-order valence-electron chi connectivity index (χ3n) is 2.55. The van der Waals surface area contributed by atoms with E-state index in [9.17, 15) is 4.79 Å². The minimum atomic E-state index is 0.110. The Hall–Kier alpha value is -0.390. The van der Waals surface area contributed by atoms with E-state index in [1.54, 1.807) is 0 Å². The average molecular weight is 304 g/mol. The van der Waals surface area contributed by atoms with E-state index in [1.165, 1.54) is 11.3 Å². The smallest absolute Gasteiger partial charge is 0.265 e. The first kappa shape index (κ1) is 12.1. The molecule has 0 spiro atoms. The van der Waals surface area contributed by atoms with Crippen molar-refractivity contribution in [2.75, 3.05) is 19.7 Å². The highest BCUT2D eigenvalue weighted by atomic mass is 79.9. The first-order valence-corrected chi connectivity index (χ1v) is 6.99. The molecule has 0 saturated carbocycles. The molecule has 16 heavy (non-hydrogen) atoms. The molecule has 1 unspecified atom stereocenters. The van der Waals surface area contributed by atoms with Crippen LogP contribution >= 0.6 is 27.3 Å². The number of halogens is 1. The molecule has 1 fully saturated rings. The van der Waals surface area contributed by atoms with Crippen LogP contribution in [-0.4, -0.2) is 36.6 Å². The zero-order valence-electron chi connectivity index (χ0n) is 9.11. The van der Waals surface area contributed by atoms with Gasteiger partial charge in [-0.25, -0.2) is 0 Å². The van der Waals surface area contributed by atoms with Crippen molar-refractivity contribution in [1.29, 1.82) is 0 Å². The Morgan fingerprint density at radius 1 is 1.69 bits per heavy atom. The van der Waals surface area contributed by atoms with Gasteiger partial charge in [0, 0.05) is 24.2 Å². The Bertz CT molecular complexity index is 380. The molecule has 2 rings (SSSR count). The van der Waals surface area contributed by atoms with Crippen molar-refractivity contribution >= 4 is 33.2 Å². The number of carbonyl (C=O) groups is 1. The monoisotopic (exact) mass is 303 g/mol. The second kappa shape index (κ2) is 5.29. The zero-order chi connectivity index (χ0) is 11.5. The van der Waals surface area contributed by atoms with E-state index in [1.807, 2.05) is 23.3 Å². The molecule has 0 N–H and O–H groups in total. The molecule has 1 saturated heterocycles. The van der Waals surface area contributed by atoms with Crippen LogP contribution in [0.3, 0.4) is 0 Å². The molecular weight excluding hydrogens is 290 g/mol. The van der Waals surface area contributed by atoms with Crippen LogP contribution < -0.4 is 0 Å². The number of hydrogen-bond donors (Lipinski definition) is 0. The van der Waals surface area contributed by atoms with Gasteiger partial charge in [0.25, 0.3) is 5.91 Å². The van der Waals surface area contributed by atoms with E-state index in [2.05, 4.69) is 15.9 Å². The van der Waals surface area contributed by atoms with E-state index >= 15 is 0 Å². The second-order valence-corrected chi connectivity index (χ2v) is 5.65. The molecule has 1 aliphatic heterocycles. The Labute approximate surface area is 108 Å². The van der Waals surface area contributed by atoms with Crippen LogP contribution in [0.5, 0.6) is 0 Å². The van der Waals surface area contributed by atoms with Crippen molar-refractivity contribution in [3.8, 4) is 0 Å². The van der Waals surface area contributed by atoms with Crippen molar-refractivity contribution in [2.24, 2.45) is 0 Å². The quantitative estimate of drug-likeness (QED) is 0.798. The minimum absolute atomic E-state index is 0.110. The van der Waals surface area contributed by atoms with Gasteiger partial charge in [-0.3, -0.25) is 4.79 Å². The predicted octanol–water partition coefficient (Wildman–Crippen LogP) is 2.76. The van der Waals surface area contributed by atoms with Gasteiger partial charge >= 0.3 is 0 Å². The second-order valence-electron chi connectivity index (χ2n) is 3.88. The zero-order valence-corrected chi connectivity index (χ0v) is 11.5. The van der Waals surface area contributed by atoms with E-state index in [0.29, 0.717) is 6.54 Å². The van der Waals surface area contributed by atoms with Crippen LogP contribution in [-0.2, 0) is 4.74 Å². The summed E-state index contributed by atoms with van der Waals surface area (Å²) in [4.78, 5) is 14.9. The van der Waals surface area contributed by atoms with Crippen molar-refractivity contribution in [3.63, 3.8) is 0 Å². The SMILES string of the molecule is CC1CN(C(=O)c2sccc2Br)CCCO1. The lowest BCUT2D eigenvalue weighted by Gasteiger charge is -2.21. The highest BCUT2D eigenvalue weighted by molar-refractivity contribution is 9.10. The van der Waals surface area contributed by atoms with Crippen LogP contribution in [0.4, 0.5) is 0 Å². The Kier molecular flexibility index (Phi) is 4.00. The maximum atomic E-state index is 12.2. The molecule has 1 aromatic heterocycles. The van der Waals surface area contributed by atoms with Crippen LogP contribution in [0.1, 0.15) is 23.0 Å². The summed E-state index contributed by atoms with van der Waals surface area (Å²) in [5, 5.41) is 1.93. The summed E-state index contributed by atoms with van der Waals surface area (Å²) in [7, 11) is 0. The maximum absolute atomic E-state index is 12.2. The molecule has 1 aromatic rings. The Balaban J connectivity index is 2.12. The van der Waals surface area contributed by atoms with Crippen LogP contribution in [0.2, 0.25) is 0 Å². The number of amides is 1. The number of rotatable bonds is 1. The molecule has 1 aliphatic rings. The third-order valence-corrected chi connectivity index (χ3v) is 4.38. The summed E-state index contributed by atoms with van der Waals surface area (Å²) in [6, 6.07) is 1.91. The van der Waals surface area contributed by atoms with E-state index < -0.39 is 0 Å². The summed E-state index contributed by atoms with van der Waals surface area (Å²) >= 11 is 4.88. The van der Waals surface area contributed by atoms with Gasteiger partial charge < -0.3 is 9.64 Å². The highest BCUT2D eigenvalue weighted by Crippen LogP contribution is 2.24. The van der Waals surface area contributed by atoms with Gasteiger partial charge in [0.05, 0.1) is 6.10 Å². The molecule has 3 nitrogen and oxygen atoms in total. The number of carbonyl (C=O) groups excluding carboxylic acids is 1. The lowest BCUT2D eigenvalue weighted by atomic mass is 10.3. The fourth-order valence-corrected chi connectivity index (χ4v) is 3.28. The van der Waals surface area contributed by atoms with Gasteiger partial charge in [-0.15, -0.1) is 11.3 Å². The lowest BCUT2D eigenvalue weighted by Crippen LogP contribution is -2.35. The van der Waals surface area contributed by atoms with Gasteiger partial charge in [0.2, 0.25) is 0 Å². The van der Waals surface area contributed by atoms with Crippen molar-refractivity contribution in [3.05, 3.63) is 20.8 Å². The van der Waals surface area contributed by atoms with Gasteiger partial charge in [0.1, 0.15) is 4.88 Å². The molecule has 1 atom stereocenters. The number of ether oxygens (including phenoxy) is 1. The van der Waals surface area contributed by atoms with Gasteiger partial charge in [-0.1, -0.05) is 0 Å². The molecule has 1 amide bonds. The molecule has 2 heterocycles.